The van der Waals surface area contributed by atoms with Crippen molar-refractivity contribution in [2.24, 2.45) is 0 Å². The zero-order valence-electron chi connectivity index (χ0n) is 10.7. The Morgan fingerprint density at radius 3 is 2.32 bits per heavy atom. The van der Waals surface area contributed by atoms with Crippen molar-refractivity contribution in [2.45, 2.75) is 6.61 Å². The lowest BCUT2D eigenvalue weighted by Crippen LogP contribution is -2.15. The molecule has 0 fully saturated rings. The van der Waals surface area contributed by atoms with Crippen LogP contribution in [-0.4, -0.2) is 31.3 Å². The van der Waals surface area contributed by atoms with E-state index in [1.54, 1.807) is 24.3 Å². The molecule has 0 amide bonds. The van der Waals surface area contributed by atoms with Crippen molar-refractivity contribution < 1.29 is 24.2 Å². The predicted octanol–water partition coefficient (Wildman–Crippen LogP) is 0.821. The quantitative estimate of drug-likeness (QED) is 0.605. The van der Waals surface area contributed by atoms with Gasteiger partial charge in [-0.05, 0) is 17.7 Å². The molecule has 102 valence electrons. The normalized spacial score (nSPS) is 10.8. The van der Waals surface area contributed by atoms with E-state index in [0.29, 0.717) is 5.69 Å². The monoisotopic (exact) mass is 265 g/mol. The van der Waals surface area contributed by atoms with Crippen LogP contribution < -0.4 is 5.32 Å². The van der Waals surface area contributed by atoms with Crippen LogP contribution in [0, 0.1) is 0 Å². The number of benzene rings is 1. The highest BCUT2D eigenvalue weighted by Gasteiger charge is 2.12. The van der Waals surface area contributed by atoms with Crippen LogP contribution in [0.25, 0.3) is 0 Å². The van der Waals surface area contributed by atoms with E-state index in [4.69, 9.17) is 5.11 Å². The fourth-order valence-corrected chi connectivity index (χ4v) is 1.28. The zero-order chi connectivity index (χ0) is 14.3. The first kappa shape index (κ1) is 14.7. The molecule has 6 heteroatoms. The molecule has 0 aromatic heterocycles. The van der Waals surface area contributed by atoms with Crippen LogP contribution in [0.3, 0.4) is 0 Å². The van der Waals surface area contributed by atoms with Crippen molar-refractivity contribution in [3.05, 3.63) is 41.6 Å². The number of methoxy groups -OCH3 is 2. The van der Waals surface area contributed by atoms with Gasteiger partial charge in [0.05, 0.1) is 26.9 Å². The largest absolute Gasteiger partial charge is 0.466 e. The van der Waals surface area contributed by atoms with Crippen LogP contribution >= 0.6 is 0 Å². The second-order valence-electron chi connectivity index (χ2n) is 3.55. The van der Waals surface area contributed by atoms with Gasteiger partial charge in [0.2, 0.25) is 0 Å². The molecule has 19 heavy (non-hydrogen) atoms. The number of nitrogens with one attached hydrogen (secondary N) is 1. The molecule has 6 nitrogen and oxygen atoms in total. The number of anilines is 1. The number of hydrogen-bond donors (Lipinski definition) is 2. The van der Waals surface area contributed by atoms with Gasteiger partial charge in [0.15, 0.2) is 0 Å². The Kier molecular flexibility index (Phi) is 5.56. The summed E-state index contributed by atoms with van der Waals surface area (Å²) >= 11 is 0. The van der Waals surface area contributed by atoms with Crippen molar-refractivity contribution in [2.75, 3.05) is 19.5 Å². The summed E-state index contributed by atoms with van der Waals surface area (Å²) in [4.78, 5) is 22.6. The summed E-state index contributed by atoms with van der Waals surface area (Å²) < 4.78 is 9.01. The maximum Gasteiger partial charge on any atom is 0.354 e. The summed E-state index contributed by atoms with van der Waals surface area (Å²) in [6, 6.07) is 6.71. The lowest BCUT2D eigenvalue weighted by Gasteiger charge is -2.09. The van der Waals surface area contributed by atoms with Gasteiger partial charge >= 0.3 is 11.9 Å². The van der Waals surface area contributed by atoms with Gasteiger partial charge in [0.1, 0.15) is 5.70 Å². The Hall–Kier alpha value is -2.34. The van der Waals surface area contributed by atoms with Crippen molar-refractivity contribution in [1.29, 1.82) is 0 Å². The van der Waals surface area contributed by atoms with Crippen LogP contribution in [-0.2, 0) is 25.7 Å². The lowest BCUT2D eigenvalue weighted by molar-refractivity contribution is -0.138. The molecule has 0 saturated heterocycles. The van der Waals surface area contributed by atoms with Crippen molar-refractivity contribution in [1.82, 2.24) is 0 Å². The van der Waals surface area contributed by atoms with Gasteiger partial charge in [-0.2, -0.15) is 0 Å². The first-order valence-electron chi connectivity index (χ1n) is 5.45. The third-order valence-electron chi connectivity index (χ3n) is 2.28. The standard InChI is InChI=1S/C13H15NO5/c1-18-12(16)7-11(13(17)19-2)14-10-5-3-9(8-15)4-6-10/h3-7,14-15H,8H2,1-2H3/b11-7+. The molecule has 0 spiro atoms. The van der Waals surface area contributed by atoms with Crippen molar-refractivity contribution in [3.63, 3.8) is 0 Å². The van der Waals surface area contributed by atoms with E-state index in [9.17, 15) is 9.59 Å². The molecule has 2 N–H and O–H groups in total. The van der Waals surface area contributed by atoms with E-state index in [1.807, 2.05) is 0 Å². The topological polar surface area (TPSA) is 84.9 Å². The molecular weight excluding hydrogens is 250 g/mol. The van der Waals surface area contributed by atoms with Gasteiger partial charge in [0.25, 0.3) is 0 Å². The van der Waals surface area contributed by atoms with Crippen LogP contribution in [0.1, 0.15) is 5.56 Å². The fraction of sp³-hybridized carbons (Fsp3) is 0.231. The number of carbonyl (C=O) groups excluding carboxylic acids is 2. The van der Waals surface area contributed by atoms with E-state index >= 15 is 0 Å². The number of ether oxygens (including phenoxy) is 2. The van der Waals surface area contributed by atoms with Crippen molar-refractivity contribution >= 4 is 17.6 Å². The Morgan fingerprint density at radius 1 is 1.21 bits per heavy atom. The van der Waals surface area contributed by atoms with E-state index in [-0.39, 0.29) is 12.3 Å². The van der Waals surface area contributed by atoms with Crippen LogP contribution in [0.15, 0.2) is 36.0 Å². The maximum absolute atomic E-state index is 11.5. The third kappa shape index (κ3) is 4.44. The molecule has 1 aromatic rings. The number of hydrogen-bond acceptors (Lipinski definition) is 6. The minimum absolute atomic E-state index is 0.0360. The highest BCUT2D eigenvalue weighted by atomic mass is 16.5. The number of aliphatic hydroxyl groups is 1. The molecule has 0 aliphatic carbocycles. The highest BCUT2D eigenvalue weighted by molar-refractivity contribution is 5.98. The highest BCUT2D eigenvalue weighted by Crippen LogP contribution is 2.13. The SMILES string of the molecule is COC(=O)/C=C(/Nc1ccc(CO)cc1)C(=O)OC. The smallest absolute Gasteiger partial charge is 0.354 e. The molecule has 1 aromatic carbocycles. The molecule has 0 radical (unpaired) electrons. The summed E-state index contributed by atoms with van der Waals surface area (Å²) in [6.45, 7) is -0.0673. The lowest BCUT2D eigenvalue weighted by atomic mass is 10.2. The van der Waals surface area contributed by atoms with E-state index in [1.165, 1.54) is 14.2 Å². The predicted molar refractivity (Wildman–Crippen MR) is 68.1 cm³/mol. The van der Waals surface area contributed by atoms with Crippen LogP contribution in [0.5, 0.6) is 0 Å². The molecule has 0 saturated carbocycles. The summed E-state index contributed by atoms with van der Waals surface area (Å²) in [7, 11) is 2.42. The average molecular weight is 265 g/mol. The molecule has 0 bridgehead atoms. The minimum atomic E-state index is -0.684. The number of aliphatic hydroxyl groups excluding tert-OH is 1. The second-order valence-corrected chi connectivity index (χ2v) is 3.55. The van der Waals surface area contributed by atoms with Crippen LogP contribution in [0.4, 0.5) is 5.69 Å². The van der Waals surface area contributed by atoms with E-state index in [0.717, 1.165) is 11.6 Å². The zero-order valence-corrected chi connectivity index (χ0v) is 10.7. The van der Waals surface area contributed by atoms with E-state index < -0.39 is 11.9 Å². The Labute approximate surface area is 110 Å². The Balaban J connectivity index is 2.90. The minimum Gasteiger partial charge on any atom is -0.466 e. The van der Waals surface area contributed by atoms with Gasteiger partial charge < -0.3 is 19.9 Å². The summed E-state index contributed by atoms with van der Waals surface area (Å²) in [5, 5.41) is 11.7. The van der Waals surface area contributed by atoms with Crippen molar-refractivity contribution in [3.8, 4) is 0 Å². The molecule has 0 aliphatic rings. The molecular formula is C13H15NO5. The van der Waals surface area contributed by atoms with Gasteiger partial charge in [-0.25, -0.2) is 9.59 Å². The van der Waals surface area contributed by atoms with Crippen LogP contribution in [0.2, 0.25) is 0 Å². The number of rotatable bonds is 5. The third-order valence-corrected chi connectivity index (χ3v) is 2.28. The van der Waals surface area contributed by atoms with Gasteiger partial charge in [0, 0.05) is 5.69 Å². The summed E-state index contributed by atoms with van der Waals surface area (Å²) in [6.07, 6.45) is 1.01. The number of carbonyl (C=O) groups is 2. The van der Waals surface area contributed by atoms with E-state index in [2.05, 4.69) is 14.8 Å². The first-order chi connectivity index (χ1) is 9.10. The molecule has 0 heterocycles. The second kappa shape index (κ2) is 7.17. The number of esters is 2. The average Bonchev–Trinajstić information content (AvgIpc) is 2.46. The van der Waals surface area contributed by atoms with Gasteiger partial charge in [-0.3, -0.25) is 0 Å². The Morgan fingerprint density at radius 2 is 1.84 bits per heavy atom. The summed E-state index contributed by atoms with van der Waals surface area (Å²) in [5.74, 6) is -1.35. The molecule has 1 rings (SSSR count). The molecule has 0 atom stereocenters. The Bertz CT molecular complexity index is 478. The van der Waals surface area contributed by atoms with Gasteiger partial charge in [-0.1, -0.05) is 12.1 Å². The maximum atomic E-state index is 11.5. The molecule has 0 aliphatic heterocycles. The molecule has 0 unspecified atom stereocenters. The fourth-order valence-electron chi connectivity index (χ4n) is 1.28. The first-order valence-corrected chi connectivity index (χ1v) is 5.45. The van der Waals surface area contributed by atoms with Gasteiger partial charge in [-0.15, -0.1) is 0 Å². The summed E-state index contributed by atoms with van der Waals surface area (Å²) in [5.41, 5.74) is 1.28.